The highest BCUT2D eigenvalue weighted by Gasteiger charge is 2.23. The van der Waals surface area contributed by atoms with Gasteiger partial charge in [-0.25, -0.2) is 13.6 Å². The number of anilines is 1. The summed E-state index contributed by atoms with van der Waals surface area (Å²) < 4.78 is 37.0. The van der Waals surface area contributed by atoms with Crippen LogP contribution >= 0.6 is 11.3 Å². The summed E-state index contributed by atoms with van der Waals surface area (Å²) in [5.41, 5.74) is 1.72. The zero-order valence-corrected chi connectivity index (χ0v) is 15.1. The Hall–Kier alpha value is -3.26. The lowest BCUT2D eigenvalue weighted by Gasteiger charge is -2.16. The molecule has 0 atom stereocenters. The zero-order valence-electron chi connectivity index (χ0n) is 14.3. The van der Waals surface area contributed by atoms with E-state index in [9.17, 15) is 18.4 Å². The van der Waals surface area contributed by atoms with E-state index in [2.05, 4.69) is 5.32 Å². The van der Waals surface area contributed by atoms with Crippen LogP contribution in [0.2, 0.25) is 0 Å². The zero-order chi connectivity index (χ0) is 19.7. The van der Waals surface area contributed by atoms with Crippen LogP contribution in [0, 0.1) is 11.6 Å². The summed E-state index contributed by atoms with van der Waals surface area (Å²) in [6.45, 7) is -0.228. The standard InChI is InChI=1S/C20H13F2NO4S/c21-12-6-13(22)8-14(7-12)23-18(24)10-27-20(25)17-5-11-9-26-16-4-2-1-3-15(16)19(11)28-17/h1-8H,9-10H2,(H,23,24). The van der Waals surface area contributed by atoms with Gasteiger partial charge >= 0.3 is 5.97 Å². The average molecular weight is 401 g/mol. The Morgan fingerprint density at radius 3 is 2.64 bits per heavy atom. The molecule has 0 unspecified atom stereocenters. The third-order valence-electron chi connectivity index (χ3n) is 4.01. The van der Waals surface area contributed by atoms with Crippen molar-refractivity contribution in [2.24, 2.45) is 0 Å². The Morgan fingerprint density at radius 1 is 1.11 bits per heavy atom. The number of hydrogen-bond donors (Lipinski definition) is 1. The van der Waals surface area contributed by atoms with E-state index in [0.29, 0.717) is 17.6 Å². The molecule has 28 heavy (non-hydrogen) atoms. The third kappa shape index (κ3) is 3.72. The van der Waals surface area contributed by atoms with E-state index in [4.69, 9.17) is 9.47 Å². The minimum absolute atomic E-state index is 0.0566. The number of amides is 1. The van der Waals surface area contributed by atoms with Gasteiger partial charge < -0.3 is 14.8 Å². The van der Waals surface area contributed by atoms with Gasteiger partial charge in [-0.05, 0) is 30.3 Å². The molecule has 2 aromatic carbocycles. The number of carbonyl (C=O) groups excluding carboxylic acids is 2. The molecule has 2 heterocycles. The molecule has 4 rings (SSSR count). The van der Waals surface area contributed by atoms with Crippen LogP contribution in [0.3, 0.4) is 0 Å². The molecule has 0 radical (unpaired) electrons. The fraction of sp³-hybridized carbons (Fsp3) is 0.100. The highest BCUT2D eigenvalue weighted by atomic mass is 32.1. The molecule has 0 saturated heterocycles. The van der Waals surface area contributed by atoms with Crippen molar-refractivity contribution in [2.45, 2.75) is 6.61 Å². The lowest BCUT2D eigenvalue weighted by molar-refractivity contribution is -0.119. The van der Waals surface area contributed by atoms with Crippen molar-refractivity contribution in [3.8, 4) is 16.2 Å². The molecule has 1 aliphatic rings. The maximum absolute atomic E-state index is 13.1. The van der Waals surface area contributed by atoms with Crippen molar-refractivity contribution >= 4 is 28.9 Å². The molecule has 1 amide bonds. The number of ether oxygens (including phenoxy) is 2. The second-order valence-electron chi connectivity index (χ2n) is 6.03. The molecule has 0 fully saturated rings. The molecule has 0 bridgehead atoms. The Labute approximate surface area is 162 Å². The maximum Gasteiger partial charge on any atom is 0.348 e. The van der Waals surface area contributed by atoms with Crippen LogP contribution in [-0.2, 0) is 16.1 Å². The molecule has 5 nitrogen and oxygen atoms in total. The SMILES string of the molecule is O=C(COC(=O)c1cc2c(s1)-c1ccccc1OC2)Nc1cc(F)cc(F)c1. The number of para-hydroxylation sites is 1. The number of rotatable bonds is 4. The van der Waals surface area contributed by atoms with Gasteiger partial charge in [0.1, 0.15) is 28.9 Å². The van der Waals surface area contributed by atoms with Gasteiger partial charge in [0.2, 0.25) is 0 Å². The monoisotopic (exact) mass is 401 g/mol. The fourth-order valence-corrected chi connectivity index (χ4v) is 3.92. The van der Waals surface area contributed by atoms with Gasteiger partial charge in [0.25, 0.3) is 5.91 Å². The quantitative estimate of drug-likeness (QED) is 0.659. The topological polar surface area (TPSA) is 64.6 Å². The molecule has 0 spiro atoms. The van der Waals surface area contributed by atoms with E-state index >= 15 is 0 Å². The number of esters is 1. The van der Waals surface area contributed by atoms with E-state index in [0.717, 1.165) is 33.9 Å². The summed E-state index contributed by atoms with van der Waals surface area (Å²) >= 11 is 1.26. The predicted molar refractivity (Wildman–Crippen MR) is 99.4 cm³/mol. The Kier molecular flexibility index (Phi) is 4.79. The summed E-state index contributed by atoms with van der Waals surface area (Å²) in [6.07, 6.45) is 0. The van der Waals surface area contributed by atoms with Gasteiger partial charge in [0.15, 0.2) is 6.61 Å². The summed E-state index contributed by atoms with van der Waals surface area (Å²) in [5, 5.41) is 2.28. The lowest BCUT2D eigenvalue weighted by Crippen LogP contribution is -2.20. The molecule has 3 aromatic rings. The van der Waals surface area contributed by atoms with E-state index in [1.807, 2.05) is 24.3 Å². The minimum atomic E-state index is -0.820. The van der Waals surface area contributed by atoms with Gasteiger partial charge in [-0.2, -0.15) is 0 Å². The second kappa shape index (κ2) is 7.40. The number of thiophene rings is 1. The normalized spacial score (nSPS) is 11.8. The Bertz CT molecular complexity index is 1060. The lowest BCUT2D eigenvalue weighted by atomic mass is 10.1. The first-order valence-electron chi connectivity index (χ1n) is 8.27. The summed E-state index contributed by atoms with van der Waals surface area (Å²) in [4.78, 5) is 25.4. The Balaban J connectivity index is 1.41. The number of nitrogens with one attached hydrogen (secondary N) is 1. The van der Waals surface area contributed by atoms with Crippen molar-refractivity contribution in [1.82, 2.24) is 0 Å². The van der Waals surface area contributed by atoms with Gasteiger partial charge in [-0.1, -0.05) is 12.1 Å². The van der Waals surface area contributed by atoms with Crippen molar-refractivity contribution < 1.29 is 27.8 Å². The summed E-state index contributed by atoms with van der Waals surface area (Å²) in [6, 6.07) is 11.8. The highest BCUT2D eigenvalue weighted by Crippen LogP contribution is 2.42. The smallest absolute Gasteiger partial charge is 0.348 e. The molecule has 8 heteroatoms. The van der Waals surface area contributed by atoms with Gasteiger partial charge in [0, 0.05) is 27.8 Å². The van der Waals surface area contributed by atoms with Gasteiger partial charge in [-0.3, -0.25) is 4.79 Å². The van der Waals surface area contributed by atoms with E-state index in [1.165, 1.54) is 11.3 Å². The fourth-order valence-electron chi connectivity index (χ4n) is 2.83. The van der Waals surface area contributed by atoms with Crippen LogP contribution in [0.5, 0.6) is 5.75 Å². The first-order valence-corrected chi connectivity index (χ1v) is 9.09. The van der Waals surface area contributed by atoms with E-state index in [1.54, 1.807) is 6.07 Å². The van der Waals surface area contributed by atoms with Crippen LogP contribution < -0.4 is 10.1 Å². The van der Waals surface area contributed by atoms with Crippen LogP contribution in [0.1, 0.15) is 15.2 Å². The van der Waals surface area contributed by atoms with Gasteiger partial charge in [0.05, 0.1) is 0 Å². The number of benzene rings is 2. The van der Waals surface area contributed by atoms with E-state index < -0.39 is 30.1 Å². The van der Waals surface area contributed by atoms with Crippen LogP contribution in [0.15, 0.2) is 48.5 Å². The third-order valence-corrected chi connectivity index (χ3v) is 5.20. The molecule has 0 aliphatic carbocycles. The van der Waals surface area contributed by atoms with Crippen molar-refractivity contribution in [2.75, 3.05) is 11.9 Å². The van der Waals surface area contributed by atoms with Crippen LogP contribution in [-0.4, -0.2) is 18.5 Å². The van der Waals surface area contributed by atoms with E-state index in [-0.39, 0.29) is 5.69 Å². The molecular weight excluding hydrogens is 388 g/mol. The van der Waals surface area contributed by atoms with Crippen LogP contribution in [0.25, 0.3) is 10.4 Å². The first-order chi connectivity index (χ1) is 13.5. The summed E-state index contributed by atoms with van der Waals surface area (Å²) in [7, 11) is 0. The maximum atomic E-state index is 13.1. The number of halogens is 2. The van der Waals surface area contributed by atoms with Gasteiger partial charge in [-0.15, -0.1) is 11.3 Å². The number of carbonyl (C=O) groups is 2. The summed E-state index contributed by atoms with van der Waals surface area (Å²) in [5.74, 6) is -2.25. The molecular formula is C20H13F2NO4S. The molecule has 0 saturated carbocycles. The largest absolute Gasteiger partial charge is 0.488 e. The second-order valence-corrected chi connectivity index (χ2v) is 7.08. The highest BCUT2D eigenvalue weighted by molar-refractivity contribution is 7.17. The van der Waals surface area contributed by atoms with Crippen molar-refractivity contribution in [1.29, 1.82) is 0 Å². The molecule has 1 N–H and O–H groups in total. The van der Waals surface area contributed by atoms with Crippen LogP contribution in [0.4, 0.5) is 14.5 Å². The first kappa shape index (κ1) is 18.1. The molecule has 1 aromatic heterocycles. The Morgan fingerprint density at radius 2 is 1.86 bits per heavy atom. The minimum Gasteiger partial charge on any atom is -0.488 e. The van der Waals surface area contributed by atoms with Crippen molar-refractivity contribution in [3.63, 3.8) is 0 Å². The predicted octanol–water partition coefficient (Wildman–Crippen LogP) is 4.38. The molecule has 142 valence electrons. The number of fused-ring (bicyclic) bond motifs is 3. The average Bonchev–Trinajstić information content (AvgIpc) is 3.10. The van der Waals surface area contributed by atoms with Crippen molar-refractivity contribution in [3.05, 3.63) is 70.6 Å². The molecule has 1 aliphatic heterocycles. The number of hydrogen-bond acceptors (Lipinski definition) is 5.